The SMILES string of the molecule is CSC1(CNC(=O)c2ccccc2C(=O)O)CCC1. The van der Waals surface area contributed by atoms with Crippen molar-refractivity contribution in [3.63, 3.8) is 0 Å². The number of carbonyl (C=O) groups excluding carboxylic acids is 1. The summed E-state index contributed by atoms with van der Waals surface area (Å²) >= 11 is 1.78. The van der Waals surface area contributed by atoms with Crippen LogP contribution in [0.5, 0.6) is 0 Å². The third-order valence-electron chi connectivity index (χ3n) is 3.67. The topological polar surface area (TPSA) is 66.4 Å². The van der Waals surface area contributed by atoms with E-state index in [4.69, 9.17) is 5.11 Å². The summed E-state index contributed by atoms with van der Waals surface area (Å²) in [6.07, 6.45) is 5.46. The average Bonchev–Trinajstić information content (AvgIpc) is 2.37. The summed E-state index contributed by atoms with van der Waals surface area (Å²) < 4.78 is 0.147. The molecule has 0 spiro atoms. The number of rotatable bonds is 5. The van der Waals surface area contributed by atoms with Crippen LogP contribution >= 0.6 is 11.8 Å². The fourth-order valence-corrected chi connectivity index (χ4v) is 3.14. The summed E-state index contributed by atoms with van der Waals surface area (Å²) in [5, 5.41) is 11.9. The molecular weight excluding hydrogens is 262 g/mol. The summed E-state index contributed by atoms with van der Waals surface area (Å²) in [4.78, 5) is 23.2. The molecule has 4 nitrogen and oxygen atoms in total. The Hall–Kier alpha value is -1.49. The molecule has 2 rings (SSSR count). The van der Waals surface area contributed by atoms with Gasteiger partial charge in [-0.2, -0.15) is 11.8 Å². The van der Waals surface area contributed by atoms with Gasteiger partial charge < -0.3 is 10.4 Å². The molecular formula is C14H17NO3S. The lowest BCUT2D eigenvalue weighted by molar-refractivity contribution is 0.0691. The molecule has 2 N–H and O–H groups in total. The van der Waals surface area contributed by atoms with Crippen molar-refractivity contribution in [2.75, 3.05) is 12.8 Å². The number of amides is 1. The van der Waals surface area contributed by atoms with Gasteiger partial charge in [-0.1, -0.05) is 18.6 Å². The lowest BCUT2D eigenvalue weighted by Crippen LogP contribution is -2.45. The first-order valence-electron chi connectivity index (χ1n) is 6.24. The van der Waals surface area contributed by atoms with Crippen molar-refractivity contribution in [2.24, 2.45) is 0 Å². The Bertz CT molecular complexity index is 492. The van der Waals surface area contributed by atoms with Gasteiger partial charge >= 0.3 is 5.97 Å². The molecule has 0 bridgehead atoms. The van der Waals surface area contributed by atoms with Gasteiger partial charge in [0.05, 0.1) is 11.1 Å². The molecule has 1 aliphatic rings. The lowest BCUT2D eigenvalue weighted by atomic mass is 9.84. The zero-order chi connectivity index (χ0) is 13.9. The third kappa shape index (κ3) is 2.92. The Labute approximate surface area is 116 Å². The number of carbonyl (C=O) groups is 2. The number of hydrogen-bond acceptors (Lipinski definition) is 3. The summed E-state index contributed by atoms with van der Waals surface area (Å²) in [5.41, 5.74) is 0.275. The van der Waals surface area contributed by atoms with Crippen LogP contribution in [0, 0.1) is 0 Å². The highest BCUT2D eigenvalue weighted by Crippen LogP contribution is 2.42. The maximum absolute atomic E-state index is 12.1. The Balaban J connectivity index is 2.06. The normalized spacial score (nSPS) is 16.5. The van der Waals surface area contributed by atoms with E-state index in [0.29, 0.717) is 6.54 Å². The monoisotopic (exact) mass is 279 g/mol. The zero-order valence-electron chi connectivity index (χ0n) is 10.8. The van der Waals surface area contributed by atoms with Crippen LogP contribution in [0.4, 0.5) is 0 Å². The minimum Gasteiger partial charge on any atom is -0.478 e. The quantitative estimate of drug-likeness (QED) is 0.868. The van der Waals surface area contributed by atoms with E-state index in [9.17, 15) is 9.59 Å². The zero-order valence-corrected chi connectivity index (χ0v) is 11.6. The first-order valence-corrected chi connectivity index (χ1v) is 7.46. The van der Waals surface area contributed by atoms with Gasteiger partial charge in [-0.3, -0.25) is 4.79 Å². The molecule has 0 heterocycles. The van der Waals surface area contributed by atoms with Crippen LogP contribution in [0.1, 0.15) is 40.0 Å². The smallest absolute Gasteiger partial charge is 0.336 e. The third-order valence-corrected chi connectivity index (χ3v) is 5.09. The van der Waals surface area contributed by atoms with E-state index in [-0.39, 0.29) is 21.8 Å². The summed E-state index contributed by atoms with van der Waals surface area (Å²) in [7, 11) is 0. The van der Waals surface area contributed by atoms with E-state index in [1.807, 2.05) is 0 Å². The summed E-state index contributed by atoms with van der Waals surface area (Å²) in [6, 6.07) is 6.29. The Morgan fingerprint density at radius 1 is 1.32 bits per heavy atom. The molecule has 102 valence electrons. The molecule has 1 saturated carbocycles. The number of carboxylic acids is 1. The first-order chi connectivity index (χ1) is 9.08. The van der Waals surface area contributed by atoms with E-state index in [0.717, 1.165) is 12.8 Å². The van der Waals surface area contributed by atoms with Crippen LogP contribution in [0.25, 0.3) is 0 Å². The molecule has 19 heavy (non-hydrogen) atoms. The second-order valence-electron chi connectivity index (χ2n) is 4.77. The van der Waals surface area contributed by atoms with Crippen molar-refractivity contribution >= 4 is 23.6 Å². The number of carboxylic acid groups (broad SMARTS) is 1. The molecule has 0 atom stereocenters. The van der Waals surface area contributed by atoms with Crippen LogP contribution < -0.4 is 5.32 Å². The molecule has 0 aromatic heterocycles. The van der Waals surface area contributed by atoms with Crippen LogP contribution in [0.3, 0.4) is 0 Å². The summed E-state index contributed by atoms with van der Waals surface area (Å²) in [6.45, 7) is 0.598. The molecule has 1 fully saturated rings. The molecule has 1 amide bonds. The standard InChI is InChI=1S/C14H17NO3S/c1-19-14(7-4-8-14)9-15-12(16)10-5-2-3-6-11(10)13(17)18/h2-3,5-6H,4,7-9H2,1H3,(H,15,16)(H,17,18). The first kappa shape index (κ1) is 13.9. The van der Waals surface area contributed by atoms with E-state index in [1.165, 1.54) is 12.5 Å². The number of thioether (sulfide) groups is 1. The van der Waals surface area contributed by atoms with Gasteiger partial charge in [0.25, 0.3) is 5.91 Å². The predicted molar refractivity (Wildman–Crippen MR) is 75.8 cm³/mol. The van der Waals surface area contributed by atoms with E-state index in [1.54, 1.807) is 30.0 Å². The second-order valence-corrected chi connectivity index (χ2v) is 6.05. The van der Waals surface area contributed by atoms with Gasteiger partial charge in [-0.25, -0.2) is 4.79 Å². The molecule has 0 unspecified atom stereocenters. The molecule has 5 heteroatoms. The maximum atomic E-state index is 12.1. The van der Waals surface area contributed by atoms with Gasteiger partial charge in [0.15, 0.2) is 0 Å². The summed E-state index contributed by atoms with van der Waals surface area (Å²) in [5.74, 6) is -1.38. The van der Waals surface area contributed by atoms with Crippen LogP contribution in [0.15, 0.2) is 24.3 Å². The van der Waals surface area contributed by atoms with Crippen molar-refractivity contribution in [1.29, 1.82) is 0 Å². The number of nitrogens with one attached hydrogen (secondary N) is 1. The molecule has 0 saturated heterocycles. The van der Waals surface area contributed by atoms with Gasteiger partial charge in [-0.15, -0.1) is 0 Å². The predicted octanol–water partition coefficient (Wildman–Crippen LogP) is 2.40. The fraction of sp³-hybridized carbons (Fsp3) is 0.429. The molecule has 0 aliphatic heterocycles. The van der Waals surface area contributed by atoms with Crippen molar-refractivity contribution in [3.8, 4) is 0 Å². The lowest BCUT2D eigenvalue weighted by Gasteiger charge is -2.40. The van der Waals surface area contributed by atoms with Gasteiger partial charge in [0.2, 0.25) is 0 Å². The van der Waals surface area contributed by atoms with Crippen LogP contribution in [0.2, 0.25) is 0 Å². The van der Waals surface area contributed by atoms with E-state index in [2.05, 4.69) is 11.6 Å². The maximum Gasteiger partial charge on any atom is 0.336 e. The van der Waals surface area contributed by atoms with Gasteiger partial charge in [-0.05, 0) is 31.2 Å². The van der Waals surface area contributed by atoms with Crippen molar-refractivity contribution in [2.45, 2.75) is 24.0 Å². The van der Waals surface area contributed by atoms with Crippen molar-refractivity contribution < 1.29 is 14.7 Å². The van der Waals surface area contributed by atoms with Gasteiger partial charge in [0.1, 0.15) is 0 Å². The highest BCUT2D eigenvalue weighted by atomic mass is 32.2. The Kier molecular flexibility index (Phi) is 4.14. The Morgan fingerprint density at radius 3 is 2.42 bits per heavy atom. The van der Waals surface area contributed by atoms with Gasteiger partial charge in [0, 0.05) is 11.3 Å². The number of hydrogen-bond donors (Lipinski definition) is 2. The molecule has 1 aromatic carbocycles. The second kappa shape index (κ2) is 5.65. The molecule has 0 radical (unpaired) electrons. The highest BCUT2D eigenvalue weighted by Gasteiger charge is 2.36. The van der Waals surface area contributed by atoms with Crippen LogP contribution in [-0.4, -0.2) is 34.5 Å². The van der Waals surface area contributed by atoms with Crippen molar-refractivity contribution in [3.05, 3.63) is 35.4 Å². The fourth-order valence-electron chi connectivity index (χ4n) is 2.23. The molecule has 1 aliphatic carbocycles. The highest BCUT2D eigenvalue weighted by molar-refractivity contribution is 8.00. The van der Waals surface area contributed by atoms with Crippen molar-refractivity contribution in [1.82, 2.24) is 5.32 Å². The molecule has 1 aromatic rings. The minimum atomic E-state index is -1.08. The van der Waals surface area contributed by atoms with E-state index >= 15 is 0 Å². The Morgan fingerprint density at radius 2 is 1.95 bits per heavy atom. The average molecular weight is 279 g/mol. The largest absolute Gasteiger partial charge is 0.478 e. The minimum absolute atomic E-state index is 0.0480. The number of benzene rings is 1. The van der Waals surface area contributed by atoms with E-state index < -0.39 is 5.97 Å². The number of aromatic carboxylic acids is 1. The van der Waals surface area contributed by atoms with Crippen LogP contribution in [-0.2, 0) is 0 Å².